The van der Waals surface area contributed by atoms with Crippen LogP contribution in [0.2, 0.25) is 0 Å². The van der Waals surface area contributed by atoms with Crippen LogP contribution in [-0.4, -0.2) is 24.0 Å². The predicted molar refractivity (Wildman–Crippen MR) is 83.6 cm³/mol. The highest BCUT2D eigenvalue weighted by molar-refractivity contribution is 7.71. The molecule has 3 N–H and O–H groups in total. The number of benzene rings is 1. The van der Waals surface area contributed by atoms with Crippen LogP contribution in [0.5, 0.6) is 0 Å². The van der Waals surface area contributed by atoms with Gasteiger partial charge in [-0.15, -0.1) is 0 Å². The quantitative estimate of drug-likeness (QED) is 0.585. The van der Waals surface area contributed by atoms with E-state index in [0.717, 1.165) is 0 Å². The first kappa shape index (κ1) is 15.7. The second-order valence-corrected chi connectivity index (χ2v) is 4.78. The number of hydrogen-bond donors (Lipinski definition) is 3. The van der Waals surface area contributed by atoms with E-state index in [0.29, 0.717) is 29.0 Å². The van der Waals surface area contributed by atoms with E-state index in [-0.39, 0.29) is 11.5 Å². The summed E-state index contributed by atoms with van der Waals surface area (Å²) in [4.78, 5) is 14.7. The Bertz CT molecular complexity index is 782. The average molecular weight is 316 g/mol. The van der Waals surface area contributed by atoms with Gasteiger partial charge in [-0.3, -0.25) is 4.79 Å². The van der Waals surface area contributed by atoms with E-state index >= 15 is 0 Å². The molecule has 0 spiro atoms. The van der Waals surface area contributed by atoms with Crippen molar-refractivity contribution in [3.8, 4) is 6.07 Å². The number of carbonyl (C=O) groups is 1. The van der Waals surface area contributed by atoms with Crippen LogP contribution >= 0.6 is 12.2 Å². The first-order valence-electron chi connectivity index (χ1n) is 6.52. The summed E-state index contributed by atoms with van der Waals surface area (Å²) in [6.45, 7) is 0.664. The molecule has 112 valence electrons. The van der Waals surface area contributed by atoms with Crippen molar-refractivity contribution >= 4 is 23.8 Å². The van der Waals surface area contributed by atoms with Crippen LogP contribution in [0.15, 0.2) is 36.5 Å². The van der Waals surface area contributed by atoms with Gasteiger partial charge in [0.1, 0.15) is 22.1 Å². The largest absolute Gasteiger partial charge is 0.382 e. The van der Waals surface area contributed by atoms with Gasteiger partial charge < -0.3 is 15.6 Å². The van der Waals surface area contributed by atoms with Crippen molar-refractivity contribution in [2.45, 2.75) is 0 Å². The van der Waals surface area contributed by atoms with Crippen molar-refractivity contribution in [2.24, 2.45) is 0 Å². The number of nitriles is 1. The van der Waals surface area contributed by atoms with Gasteiger partial charge in [0.15, 0.2) is 0 Å². The fourth-order valence-corrected chi connectivity index (χ4v) is 2.08. The summed E-state index contributed by atoms with van der Waals surface area (Å²) in [6.07, 6.45) is 1.65. The van der Waals surface area contributed by atoms with Crippen LogP contribution in [0.3, 0.4) is 0 Å². The Kier molecular flexibility index (Phi) is 5.22. The van der Waals surface area contributed by atoms with E-state index in [2.05, 4.69) is 15.6 Å². The van der Waals surface area contributed by atoms with Crippen LogP contribution in [0, 0.1) is 21.8 Å². The normalized spacial score (nSPS) is 9.82. The van der Waals surface area contributed by atoms with Gasteiger partial charge in [0, 0.05) is 19.3 Å². The Morgan fingerprint density at radius 1 is 1.32 bits per heavy atom. The van der Waals surface area contributed by atoms with Crippen molar-refractivity contribution < 1.29 is 9.18 Å². The highest BCUT2D eigenvalue weighted by Gasteiger charge is 2.08. The van der Waals surface area contributed by atoms with Crippen LogP contribution in [0.25, 0.3) is 0 Å². The number of H-pyrrole nitrogens is 1. The number of carbonyl (C=O) groups excluding carboxylic acids is 1. The summed E-state index contributed by atoms with van der Waals surface area (Å²) in [6, 6.07) is 9.47. The molecule has 0 saturated carbocycles. The number of hydrogen-bond acceptors (Lipinski definition) is 4. The molecule has 2 rings (SSSR count). The maximum atomic E-state index is 13.4. The molecule has 0 aliphatic heterocycles. The second kappa shape index (κ2) is 7.33. The number of nitrogens with zero attached hydrogens (tertiary/aromatic N) is 1. The molecule has 0 aliphatic rings. The lowest BCUT2D eigenvalue weighted by molar-refractivity contribution is 0.0954. The van der Waals surface area contributed by atoms with Crippen molar-refractivity contribution in [3.05, 3.63) is 58.1 Å². The SMILES string of the molecule is N#Cc1c(F)cccc1NCCNC(=O)c1ccc[nH]c1=S. The summed E-state index contributed by atoms with van der Waals surface area (Å²) >= 11 is 5.02. The molecule has 1 heterocycles. The third-order valence-electron chi connectivity index (χ3n) is 2.91. The number of nitrogens with one attached hydrogen (secondary N) is 3. The third-order valence-corrected chi connectivity index (χ3v) is 3.25. The Morgan fingerprint density at radius 2 is 2.14 bits per heavy atom. The Balaban J connectivity index is 1.90. The molecule has 5 nitrogen and oxygen atoms in total. The molecule has 0 bridgehead atoms. The molecule has 7 heteroatoms. The van der Waals surface area contributed by atoms with Crippen LogP contribution in [-0.2, 0) is 0 Å². The molecule has 22 heavy (non-hydrogen) atoms. The summed E-state index contributed by atoms with van der Waals surface area (Å²) in [5.41, 5.74) is 0.744. The second-order valence-electron chi connectivity index (χ2n) is 4.37. The first-order valence-corrected chi connectivity index (χ1v) is 6.92. The fraction of sp³-hybridized carbons (Fsp3) is 0.133. The zero-order valence-corrected chi connectivity index (χ0v) is 12.3. The Labute approximate surface area is 131 Å². The molecular formula is C15H13FN4OS. The van der Waals surface area contributed by atoms with Gasteiger partial charge in [-0.25, -0.2) is 4.39 Å². The minimum absolute atomic E-state index is 0.0423. The average Bonchev–Trinajstić information content (AvgIpc) is 2.52. The molecule has 0 atom stereocenters. The fourth-order valence-electron chi connectivity index (χ4n) is 1.85. The third kappa shape index (κ3) is 3.68. The number of halogens is 1. The molecule has 0 saturated heterocycles. The smallest absolute Gasteiger partial charge is 0.254 e. The van der Waals surface area contributed by atoms with Gasteiger partial charge in [-0.1, -0.05) is 18.3 Å². The van der Waals surface area contributed by atoms with Gasteiger partial charge in [0.25, 0.3) is 5.91 Å². The topological polar surface area (TPSA) is 80.7 Å². The standard InChI is InChI=1S/C15H13FN4OS/c16-12-4-1-5-13(11(12)9-17)18-7-8-19-14(21)10-3-2-6-20-15(10)22/h1-6,18H,7-8H2,(H,19,21)(H,20,22). The lowest BCUT2D eigenvalue weighted by atomic mass is 10.2. The molecule has 0 fully saturated rings. The van der Waals surface area contributed by atoms with Gasteiger partial charge >= 0.3 is 0 Å². The Hall–Kier alpha value is -2.72. The summed E-state index contributed by atoms with van der Waals surface area (Å²) in [5, 5.41) is 14.5. The summed E-state index contributed by atoms with van der Waals surface area (Å²) in [7, 11) is 0. The van der Waals surface area contributed by atoms with Crippen molar-refractivity contribution in [1.82, 2.24) is 10.3 Å². The van der Waals surface area contributed by atoms with E-state index in [1.54, 1.807) is 30.5 Å². The van der Waals surface area contributed by atoms with Crippen molar-refractivity contribution in [3.63, 3.8) is 0 Å². The van der Waals surface area contributed by atoms with Crippen molar-refractivity contribution in [2.75, 3.05) is 18.4 Å². The van der Waals surface area contributed by atoms with Gasteiger partial charge in [-0.05, 0) is 24.3 Å². The lowest BCUT2D eigenvalue weighted by Gasteiger charge is -2.09. The lowest BCUT2D eigenvalue weighted by Crippen LogP contribution is -2.29. The summed E-state index contributed by atoms with van der Waals surface area (Å²) < 4.78 is 13.8. The van der Waals surface area contributed by atoms with Crippen LogP contribution in [0.4, 0.5) is 10.1 Å². The molecule has 1 aromatic carbocycles. The van der Waals surface area contributed by atoms with Gasteiger partial charge in [-0.2, -0.15) is 5.26 Å². The predicted octanol–water partition coefficient (Wildman–Crippen LogP) is 2.60. The first-order chi connectivity index (χ1) is 10.6. The van der Waals surface area contributed by atoms with E-state index < -0.39 is 5.82 Å². The molecule has 2 aromatic rings. The van der Waals surface area contributed by atoms with E-state index in [9.17, 15) is 9.18 Å². The zero-order valence-electron chi connectivity index (χ0n) is 11.5. The van der Waals surface area contributed by atoms with Crippen LogP contribution in [0.1, 0.15) is 15.9 Å². The minimum Gasteiger partial charge on any atom is -0.382 e. The Morgan fingerprint density at radius 3 is 2.86 bits per heavy atom. The minimum atomic E-state index is -0.577. The zero-order chi connectivity index (χ0) is 15.9. The number of pyridine rings is 1. The molecule has 1 aromatic heterocycles. The van der Waals surface area contributed by atoms with Gasteiger partial charge in [0.2, 0.25) is 0 Å². The molecular weight excluding hydrogens is 303 g/mol. The molecule has 0 aliphatic carbocycles. The number of aromatic nitrogens is 1. The molecule has 0 unspecified atom stereocenters. The van der Waals surface area contributed by atoms with E-state index in [1.165, 1.54) is 12.1 Å². The number of anilines is 1. The van der Waals surface area contributed by atoms with Crippen molar-refractivity contribution in [1.29, 1.82) is 5.26 Å². The highest BCUT2D eigenvalue weighted by Crippen LogP contribution is 2.17. The molecule has 1 amide bonds. The maximum absolute atomic E-state index is 13.4. The van der Waals surface area contributed by atoms with Gasteiger partial charge in [0.05, 0.1) is 11.3 Å². The van der Waals surface area contributed by atoms with E-state index in [4.69, 9.17) is 17.5 Å². The van der Waals surface area contributed by atoms with E-state index in [1.807, 2.05) is 0 Å². The number of rotatable bonds is 5. The molecule has 0 radical (unpaired) electrons. The summed E-state index contributed by atoms with van der Waals surface area (Å²) in [5.74, 6) is -0.865. The monoisotopic (exact) mass is 316 g/mol. The number of amides is 1. The highest BCUT2D eigenvalue weighted by atomic mass is 32.1. The number of aromatic amines is 1. The van der Waals surface area contributed by atoms with Crippen LogP contribution < -0.4 is 10.6 Å². The maximum Gasteiger partial charge on any atom is 0.254 e.